The normalized spacial score (nSPS) is 10.3. The van der Waals surface area contributed by atoms with Crippen LogP contribution in [0.4, 0.5) is 5.69 Å². The van der Waals surface area contributed by atoms with E-state index >= 15 is 0 Å². The molecule has 0 atom stereocenters. The predicted molar refractivity (Wildman–Crippen MR) is 57.1 cm³/mol. The molecule has 4 nitrogen and oxygen atoms in total. The van der Waals surface area contributed by atoms with E-state index in [1.54, 1.807) is 7.05 Å². The Balaban J connectivity index is 2.69. The molecule has 0 spiro atoms. The van der Waals surface area contributed by atoms with Crippen LogP contribution in [0.1, 0.15) is 10.6 Å². The van der Waals surface area contributed by atoms with Crippen LogP contribution in [0, 0.1) is 0 Å². The third-order valence-electron chi connectivity index (χ3n) is 2.22. The van der Waals surface area contributed by atoms with Crippen LogP contribution in [0.25, 0.3) is 11.0 Å². The van der Waals surface area contributed by atoms with Gasteiger partial charge in [-0.15, -0.1) is 0 Å². The monoisotopic (exact) mass is 205 g/mol. The molecule has 1 aromatic heterocycles. The molecule has 1 N–H and O–H groups in total. The highest BCUT2D eigenvalue weighted by atomic mass is 16.5. The number of hydrogen-bond donors (Lipinski definition) is 1. The average molecular weight is 205 g/mol. The lowest BCUT2D eigenvalue weighted by atomic mass is 10.2. The first-order valence-electron chi connectivity index (χ1n) is 4.55. The van der Waals surface area contributed by atoms with Crippen molar-refractivity contribution in [1.82, 2.24) is 0 Å². The van der Waals surface area contributed by atoms with Crippen molar-refractivity contribution in [1.29, 1.82) is 0 Å². The number of carbonyl (C=O) groups is 1. The molecule has 78 valence electrons. The molecule has 0 aliphatic rings. The summed E-state index contributed by atoms with van der Waals surface area (Å²) in [4.78, 5) is 11.4. The van der Waals surface area contributed by atoms with Gasteiger partial charge in [0.25, 0.3) is 0 Å². The number of rotatable bonds is 2. The fraction of sp³-hybridized carbons (Fsp3) is 0.182. The predicted octanol–water partition coefficient (Wildman–Crippen LogP) is 2.26. The summed E-state index contributed by atoms with van der Waals surface area (Å²) in [7, 11) is 3.07. The molecule has 0 aliphatic carbocycles. The third kappa shape index (κ3) is 1.44. The van der Waals surface area contributed by atoms with E-state index in [9.17, 15) is 4.79 Å². The summed E-state index contributed by atoms with van der Waals surface area (Å²) >= 11 is 0. The first-order chi connectivity index (χ1) is 7.27. The van der Waals surface area contributed by atoms with E-state index < -0.39 is 5.97 Å². The van der Waals surface area contributed by atoms with Crippen molar-refractivity contribution >= 4 is 22.6 Å². The van der Waals surface area contributed by atoms with Crippen LogP contribution < -0.4 is 5.32 Å². The number of para-hydroxylation sites is 1. The summed E-state index contributed by atoms with van der Waals surface area (Å²) in [5.74, 6) is -0.267. The lowest BCUT2D eigenvalue weighted by Crippen LogP contribution is -2.02. The fourth-order valence-corrected chi connectivity index (χ4v) is 1.53. The molecule has 2 rings (SSSR count). The Morgan fingerprint density at radius 3 is 2.80 bits per heavy atom. The smallest absolute Gasteiger partial charge is 0.376 e. The number of hydrogen-bond acceptors (Lipinski definition) is 4. The molecule has 0 fully saturated rings. The minimum Gasteiger partial charge on any atom is -0.463 e. The highest BCUT2D eigenvalue weighted by Crippen LogP contribution is 2.30. The van der Waals surface area contributed by atoms with Gasteiger partial charge in [-0.25, -0.2) is 4.79 Å². The summed E-state index contributed by atoms with van der Waals surface area (Å²) in [5, 5.41) is 3.81. The maximum Gasteiger partial charge on any atom is 0.376 e. The van der Waals surface area contributed by atoms with Crippen molar-refractivity contribution in [2.75, 3.05) is 19.5 Å². The standard InChI is InChI=1S/C11H11NO3/c1-12-9-7-5-3-4-6-8(7)15-10(9)11(13)14-2/h3-6,12H,1-2H3. The molecule has 1 aromatic carbocycles. The Morgan fingerprint density at radius 1 is 1.40 bits per heavy atom. The van der Waals surface area contributed by atoms with Crippen LogP contribution in [0.15, 0.2) is 28.7 Å². The maximum atomic E-state index is 11.4. The largest absolute Gasteiger partial charge is 0.463 e. The number of methoxy groups -OCH3 is 1. The molecular weight excluding hydrogens is 194 g/mol. The second-order valence-electron chi connectivity index (χ2n) is 3.04. The number of anilines is 1. The summed E-state index contributed by atoms with van der Waals surface area (Å²) in [6.07, 6.45) is 0. The summed E-state index contributed by atoms with van der Waals surface area (Å²) in [6, 6.07) is 7.44. The number of furan rings is 1. The van der Waals surface area contributed by atoms with Crippen LogP contribution in [0.3, 0.4) is 0 Å². The Morgan fingerprint density at radius 2 is 2.13 bits per heavy atom. The van der Waals surface area contributed by atoms with Gasteiger partial charge in [0, 0.05) is 12.4 Å². The molecule has 0 aliphatic heterocycles. The SMILES string of the molecule is CNc1c(C(=O)OC)oc2ccccc12. The van der Waals surface area contributed by atoms with Gasteiger partial charge >= 0.3 is 5.97 Å². The van der Waals surface area contributed by atoms with Gasteiger partial charge in [-0.2, -0.15) is 0 Å². The Kier molecular flexibility index (Phi) is 2.33. The number of fused-ring (bicyclic) bond motifs is 1. The average Bonchev–Trinajstić information content (AvgIpc) is 2.66. The minimum absolute atomic E-state index is 0.209. The van der Waals surface area contributed by atoms with Gasteiger partial charge in [-0.3, -0.25) is 0 Å². The van der Waals surface area contributed by atoms with Gasteiger partial charge in [0.2, 0.25) is 5.76 Å². The number of ether oxygens (including phenoxy) is 1. The second kappa shape index (κ2) is 3.65. The Bertz CT molecular complexity index is 502. The van der Waals surface area contributed by atoms with Crippen LogP contribution in [0.2, 0.25) is 0 Å². The van der Waals surface area contributed by atoms with Crippen molar-refractivity contribution in [2.45, 2.75) is 0 Å². The molecule has 0 unspecified atom stereocenters. The van der Waals surface area contributed by atoms with E-state index in [-0.39, 0.29) is 5.76 Å². The Hall–Kier alpha value is -1.97. The molecule has 0 radical (unpaired) electrons. The number of esters is 1. The van der Waals surface area contributed by atoms with Gasteiger partial charge < -0.3 is 14.5 Å². The van der Waals surface area contributed by atoms with E-state index in [1.165, 1.54) is 7.11 Å². The molecule has 0 amide bonds. The molecule has 15 heavy (non-hydrogen) atoms. The van der Waals surface area contributed by atoms with Crippen LogP contribution in [-0.4, -0.2) is 20.1 Å². The van der Waals surface area contributed by atoms with Gasteiger partial charge in [0.1, 0.15) is 5.58 Å². The molecule has 0 saturated heterocycles. The van der Waals surface area contributed by atoms with Crippen molar-refractivity contribution in [3.05, 3.63) is 30.0 Å². The zero-order valence-electron chi connectivity index (χ0n) is 8.53. The Labute approximate surface area is 86.8 Å². The first kappa shape index (κ1) is 9.58. The quantitative estimate of drug-likeness (QED) is 0.764. The lowest BCUT2D eigenvalue weighted by molar-refractivity contribution is 0.0569. The van der Waals surface area contributed by atoms with E-state index in [0.717, 1.165) is 5.39 Å². The van der Waals surface area contributed by atoms with Gasteiger partial charge in [0.05, 0.1) is 12.8 Å². The van der Waals surface area contributed by atoms with Crippen molar-refractivity contribution < 1.29 is 13.9 Å². The van der Waals surface area contributed by atoms with Gasteiger partial charge in [-0.05, 0) is 12.1 Å². The zero-order chi connectivity index (χ0) is 10.8. The summed E-state index contributed by atoms with van der Waals surface area (Å²) < 4.78 is 10.0. The topological polar surface area (TPSA) is 51.5 Å². The van der Waals surface area contributed by atoms with E-state index in [2.05, 4.69) is 10.1 Å². The van der Waals surface area contributed by atoms with Crippen LogP contribution in [0.5, 0.6) is 0 Å². The highest BCUT2D eigenvalue weighted by Gasteiger charge is 2.19. The summed E-state index contributed by atoms with van der Waals surface area (Å²) in [6.45, 7) is 0. The molecule has 0 saturated carbocycles. The third-order valence-corrected chi connectivity index (χ3v) is 2.22. The lowest BCUT2D eigenvalue weighted by Gasteiger charge is -1.99. The maximum absolute atomic E-state index is 11.4. The second-order valence-corrected chi connectivity index (χ2v) is 3.04. The van der Waals surface area contributed by atoms with Gasteiger partial charge in [-0.1, -0.05) is 12.1 Å². The van der Waals surface area contributed by atoms with E-state index in [4.69, 9.17) is 4.42 Å². The molecule has 0 bridgehead atoms. The van der Waals surface area contributed by atoms with Gasteiger partial charge in [0.15, 0.2) is 0 Å². The van der Waals surface area contributed by atoms with Crippen molar-refractivity contribution in [3.63, 3.8) is 0 Å². The molecule has 1 heterocycles. The van der Waals surface area contributed by atoms with Crippen molar-refractivity contribution in [3.8, 4) is 0 Å². The van der Waals surface area contributed by atoms with E-state index in [0.29, 0.717) is 11.3 Å². The molecular formula is C11H11NO3. The van der Waals surface area contributed by atoms with Crippen molar-refractivity contribution in [2.24, 2.45) is 0 Å². The minimum atomic E-state index is -0.476. The highest BCUT2D eigenvalue weighted by molar-refractivity contribution is 6.04. The van der Waals surface area contributed by atoms with E-state index in [1.807, 2.05) is 24.3 Å². The number of carbonyl (C=O) groups excluding carboxylic acids is 1. The van der Waals surface area contributed by atoms with Crippen LogP contribution in [-0.2, 0) is 4.74 Å². The summed E-state index contributed by atoms with van der Waals surface area (Å²) in [5.41, 5.74) is 1.33. The number of benzene rings is 1. The zero-order valence-corrected chi connectivity index (χ0v) is 8.53. The number of nitrogens with one attached hydrogen (secondary N) is 1. The fourth-order valence-electron chi connectivity index (χ4n) is 1.53. The first-order valence-corrected chi connectivity index (χ1v) is 4.55. The van der Waals surface area contributed by atoms with Crippen LogP contribution >= 0.6 is 0 Å². The molecule has 4 heteroatoms. The molecule has 2 aromatic rings.